The fraction of sp³-hybridized carbons (Fsp3) is 0.346. The van der Waals surface area contributed by atoms with Gasteiger partial charge in [-0.2, -0.15) is 0 Å². The maximum Gasteiger partial charge on any atom is 0.278 e. The second kappa shape index (κ2) is 9.67. The second-order valence-electron chi connectivity index (χ2n) is 8.99. The van der Waals surface area contributed by atoms with Gasteiger partial charge >= 0.3 is 0 Å². The van der Waals surface area contributed by atoms with Gasteiger partial charge in [0.15, 0.2) is 5.78 Å². The summed E-state index contributed by atoms with van der Waals surface area (Å²) in [7, 11) is 1.56. The fourth-order valence-electron chi connectivity index (χ4n) is 4.89. The van der Waals surface area contributed by atoms with Gasteiger partial charge in [-0.25, -0.2) is 4.98 Å². The summed E-state index contributed by atoms with van der Waals surface area (Å²) in [5.41, 5.74) is 8.73. The highest BCUT2D eigenvalue weighted by Gasteiger charge is 2.27. The van der Waals surface area contributed by atoms with Crippen LogP contribution < -0.4 is 20.9 Å². The number of fused-ring (bicyclic) bond motifs is 1. The number of methoxy groups -OCH3 is 1. The first kappa shape index (κ1) is 23.3. The minimum absolute atomic E-state index is 0.0951. The minimum atomic E-state index is -0.224. The highest BCUT2D eigenvalue weighted by molar-refractivity contribution is 7.09. The van der Waals surface area contributed by atoms with Gasteiger partial charge in [-0.1, -0.05) is 18.2 Å². The van der Waals surface area contributed by atoms with Gasteiger partial charge < -0.3 is 19.9 Å². The molecule has 0 radical (unpaired) electrons. The van der Waals surface area contributed by atoms with Crippen LogP contribution in [0, 0.1) is 6.92 Å². The number of piperidine rings is 1. The number of carbonyl (C=O) groups is 1. The summed E-state index contributed by atoms with van der Waals surface area (Å²) in [5, 5.41) is 2.04. The van der Waals surface area contributed by atoms with E-state index in [0.717, 1.165) is 42.2 Å². The molecule has 1 atom stereocenters. The molecule has 4 heterocycles. The van der Waals surface area contributed by atoms with E-state index in [-0.39, 0.29) is 23.9 Å². The molecule has 182 valence electrons. The maximum absolute atomic E-state index is 13.8. The Labute approximate surface area is 207 Å². The van der Waals surface area contributed by atoms with Crippen LogP contribution in [0.15, 0.2) is 52.9 Å². The monoisotopic (exact) mass is 491 g/mol. The molecule has 5 rings (SSSR count). The molecule has 1 unspecified atom stereocenters. The van der Waals surface area contributed by atoms with E-state index in [0.29, 0.717) is 28.9 Å². The molecule has 4 aromatic rings. The SMILES string of the molecule is COc1cccc(C(=O)Cn2cnc3c(C)c(N4CCCC(N)C4)n(Cc4cccs4)c3c2=O)c1. The zero-order valence-electron chi connectivity index (χ0n) is 19.9. The normalized spacial score (nSPS) is 16.1. The summed E-state index contributed by atoms with van der Waals surface area (Å²) in [4.78, 5) is 34.8. The van der Waals surface area contributed by atoms with Crippen molar-refractivity contribution in [1.29, 1.82) is 0 Å². The summed E-state index contributed by atoms with van der Waals surface area (Å²) in [6.45, 7) is 4.11. The van der Waals surface area contributed by atoms with Crippen molar-refractivity contribution < 1.29 is 9.53 Å². The molecule has 1 aliphatic heterocycles. The van der Waals surface area contributed by atoms with Gasteiger partial charge in [0.1, 0.15) is 22.6 Å². The lowest BCUT2D eigenvalue weighted by molar-refractivity contribution is 0.0970. The predicted molar refractivity (Wildman–Crippen MR) is 139 cm³/mol. The number of nitrogens with zero attached hydrogens (tertiary/aromatic N) is 4. The third-order valence-electron chi connectivity index (χ3n) is 6.59. The van der Waals surface area contributed by atoms with Gasteiger partial charge in [0.25, 0.3) is 5.56 Å². The molecule has 2 N–H and O–H groups in total. The first-order chi connectivity index (χ1) is 17.0. The number of ketones is 1. The van der Waals surface area contributed by atoms with Gasteiger partial charge in [0, 0.05) is 35.1 Å². The molecular weight excluding hydrogens is 462 g/mol. The third kappa shape index (κ3) is 4.49. The Balaban J connectivity index is 1.60. The van der Waals surface area contributed by atoms with E-state index < -0.39 is 0 Å². The maximum atomic E-state index is 13.8. The molecule has 1 aromatic carbocycles. The number of anilines is 1. The Bertz CT molecular complexity index is 1420. The molecule has 0 amide bonds. The van der Waals surface area contributed by atoms with Gasteiger partial charge in [0.2, 0.25) is 0 Å². The van der Waals surface area contributed by atoms with Crippen LogP contribution in [-0.4, -0.2) is 46.1 Å². The number of hydrogen-bond acceptors (Lipinski definition) is 7. The zero-order valence-corrected chi connectivity index (χ0v) is 20.8. The average molecular weight is 492 g/mol. The number of rotatable bonds is 7. The van der Waals surface area contributed by atoms with Crippen molar-refractivity contribution in [3.05, 3.63) is 74.5 Å². The van der Waals surface area contributed by atoms with Crippen LogP contribution in [0.4, 0.5) is 5.82 Å². The zero-order chi connectivity index (χ0) is 24.5. The van der Waals surface area contributed by atoms with Crippen molar-refractivity contribution in [2.45, 2.75) is 38.9 Å². The molecule has 1 fully saturated rings. The number of carbonyl (C=O) groups excluding carboxylic acids is 1. The molecule has 1 aliphatic rings. The van der Waals surface area contributed by atoms with Gasteiger partial charge in [0.05, 0.1) is 26.5 Å². The van der Waals surface area contributed by atoms with E-state index in [9.17, 15) is 9.59 Å². The minimum Gasteiger partial charge on any atom is -0.497 e. The fourth-order valence-corrected chi connectivity index (χ4v) is 5.58. The third-order valence-corrected chi connectivity index (χ3v) is 7.45. The van der Waals surface area contributed by atoms with Crippen LogP contribution in [0.3, 0.4) is 0 Å². The van der Waals surface area contributed by atoms with E-state index >= 15 is 0 Å². The van der Waals surface area contributed by atoms with Crippen LogP contribution in [0.2, 0.25) is 0 Å². The lowest BCUT2D eigenvalue weighted by Gasteiger charge is -2.33. The Morgan fingerprint density at radius 1 is 1.29 bits per heavy atom. The topological polar surface area (TPSA) is 95.4 Å². The molecule has 0 aliphatic carbocycles. The predicted octanol–water partition coefficient (Wildman–Crippen LogP) is 3.44. The van der Waals surface area contributed by atoms with Crippen molar-refractivity contribution in [2.24, 2.45) is 5.73 Å². The number of hydrogen-bond donors (Lipinski definition) is 1. The number of benzene rings is 1. The van der Waals surface area contributed by atoms with Crippen LogP contribution >= 0.6 is 11.3 Å². The number of Topliss-reactive ketones (excluding diaryl/α,β-unsaturated/α-hetero) is 1. The quantitative estimate of drug-likeness (QED) is 0.398. The first-order valence-electron chi connectivity index (χ1n) is 11.7. The van der Waals surface area contributed by atoms with Crippen LogP contribution in [0.25, 0.3) is 11.0 Å². The van der Waals surface area contributed by atoms with Crippen LogP contribution in [-0.2, 0) is 13.1 Å². The summed E-state index contributed by atoms with van der Waals surface area (Å²) in [6, 6.07) is 11.1. The van der Waals surface area contributed by atoms with Crippen molar-refractivity contribution in [2.75, 3.05) is 25.1 Å². The lowest BCUT2D eigenvalue weighted by Crippen LogP contribution is -2.44. The second-order valence-corrected chi connectivity index (χ2v) is 10.0. The number of nitrogens with two attached hydrogens (primary N) is 1. The molecule has 0 spiro atoms. The highest BCUT2D eigenvalue weighted by atomic mass is 32.1. The van der Waals surface area contributed by atoms with Gasteiger partial charge in [-0.05, 0) is 43.3 Å². The van der Waals surface area contributed by atoms with E-state index in [2.05, 4.69) is 20.5 Å². The summed E-state index contributed by atoms with van der Waals surface area (Å²) < 4.78 is 8.70. The molecule has 0 bridgehead atoms. The van der Waals surface area contributed by atoms with Crippen LogP contribution in [0.1, 0.15) is 33.6 Å². The number of ether oxygens (including phenoxy) is 1. The van der Waals surface area contributed by atoms with E-state index in [1.54, 1.807) is 42.7 Å². The smallest absolute Gasteiger partial charge is 0.278 e. The molecule has 35 heavy (non-hydrogen) atoms. The molecule has 3 aromatic heterocycles. The van der Waals surface area contributed by atoms with Crippen molar-refractivity contribution in [3.63, 3.8) is 0 Å². The van der Waals surface area contributed by atoms with Crippen molar-refractivity contribution in [3.8, 4) is 5.75 Å². The molecule has 9 heteroatoms. The first-order valence-corrected chi connectivity index (χ1v) is 12.6. The van der Waals surface area contributed by atoms with Crippen molar-refractivity contribution in [1.82, 2.24) is 14.1 Å². The number of aryl methyl sites for hydroxylation is 1. The molecule has 0 saturated carbocycles. The number of aromatic nitrogens is 3. The van der Waals surface area contributed by atoms with Crippen LogP contribution in [0.5, 0.6) is 5.75 Å². The Morgan fingerprint density at radius 2 is 2.14 bits per heavy atom. The lowest BCUT2D eigenvalue weighted by atomic mass is 10.1. The van der Waals surface area contributed by atoms with E-state index in [1.165, 1.54) is 10.9 Å². The largest absolute Gasteiger partial charge is 0.497 e. The Kier molecular flexibility index (Phi) is 6.44. The Morgan fingerprint density at radius 3 is 2.89 bits per heavy atom. The molecule has 1 saturated heterocycles. The summed E-state index contributed by atoms with van der Waals surface area (Å²) in [5.74, 6) is 1.41. The summed E-state index contributed by atoms with van der Waals surface area (Å²) in [6.07, 6.45) is 3.49. The summed E-state index contributed by atoms with van der Waals surface area (Å²) >= 11 is 1.65. The molecule has 8 nitrogen and oxygen atoms in total. The van der Waals surface area contributed by atoms with E-state index in [4.69, 9.17) is 10.5 Å². The van der Waals surface area contributed by atoms with Gasteiger partial charge in [-0.15, -0.1) is 11.3 Å². The number of thiophene rings is 1. The Hall–Kier alpha value is -3.43. The standard InChI is InChI=1S/C26H29N5O3S/c1-17-23-24(26(33)30(16-28-23)15-22(32)18-6-3-8-20(12-18)34-2)31(14-21-9-5-11-35-21)25(17)29-10-4-7-19(27)13-29/h3,5-6,8-9,11-12,16,19H,4,7,10,13-15,27H2,1-2H3. The highest BCUT2D eigenvalue weighted by Crippen LogP contribution is 2.32. The molecular formula is C26H29N5O3S. The van der Waals surface area contributed by atoms with Gasteiger partial charge in [-0.3, -0.25) is 14.2 Å². The van der Waals surface area contributed by atoms with Crippen molar-refractivity contribution >= 4 is 34.0 Å². The van der Waals surface area contributed by atoms with E-state index in [1.807, 2.05) is 18.4 Å². The average Bonchev–Trinajstić information content (AvgIpc) is 3.47.